The number of nitrogens with one attached hydrogen (secondary N) is 1. The third-order valence-corrected chi connectivity index (χ3v) is 3.46. The number of hydrogen-bond donors (Lipinski definition) is 1. The van der Waals surface area contributed by atoms with Crippen LogP contribution in [0, 0.1) is 0 Å². The normalized spacial score (nSPS) is 12.0. The number of methoxy groups -OCH3 is 1. The van der Waals surface area contributed by atoms with Gasteiger partial charge >= 0.3 is 0 Å². The van der Waals surface area contributed by atoms with Crippen molar-refractivity contribution in [1.29, 1.82) is 0 Å². The predicted molar refractivity (Wildman–Crippen MR) is 81.5 cm³/mol. The van der Waals surface area contributed by atoms with E-state index in [9.17, 15) is 0 Å². The van der Waals surface area contributed by atoms with Gasteiger partial charge in [-0.2, -0.15) is 0 Å². The molecule has 0 radical (unpaired) electrons. The monoisotopic (exact) mass is 295 g/mol. The Balaban J connectivity index is 2.20. The summed E-state index contributed by atoms with van der Waals surface area (Å²) in [7, 11) is 1.65. The molecule has 2 aromatic carbocycles. The van der Waals surface area contributed by atoms with Crippen LogP contribution < -0.4 is 10.1 Å². The van der Waals surface area contributed by atoms with Gasteiger partial charge in [0, 0.05) is 21.8 Å². The van der Waals surface area contributed by atoms with Crippen molar-refractivity contribution >= 4 is 28.9 Å². The molecule has 0 fully saturated rings. The van der Waals surface area contributed by atoms with E-state index in [1.165, 1.54) is 0 Å². The Morgan fingerprint density at radius 2 is 1.89 bits per heavy atom. The first-order valence-corrected chi connectivity index (χ1v) is 6.71. The van der Waals surface area contributed by atoms with Crippen LogP contribution >= 0.6 is 23.2 Å². The summed E-state index contributed by atoms with van der Waals surface area (Å²) in [6.07, 6.45) is 0. The molecule has 0 saturated heterocycles. The van der Waals surface area contributed by atoms with E-state index in [4.69, 9.17) is 27.9 Å². The quantitative estimate of drug-likeness (QED) is 0.839. The van der Waals surface area contributed by atoms with Crippen molar-refractivity contribution in [3.05, 3.63) is 58.1 Å². The highest BCUT2D eigenvalue weighted by Gasteiger charge is 2.10. The number of ether oxygens (including phenoxy) is 1. The lowest BCUT2D eigenvalue weighted by Gasteiger charge is -2.17. The summed E-state index contributed by atoms with van der Waals surface area (Å²) in [5, 5.41) is 4.76. The molecular weight excluding hydrogens is 281 g/mol. The Hall–Kier alpha value is -1.38. The van der Waals surface area contributed by atoms with Gasteiger partial charge in [-0.1, -0.05) is 29.3 Å². The molecule has 0 aliphatic rings. The van der Waals surface area contributed by atoms with Gasteiger partial charge in [-0.3, -0.25) is 0 Å². The molecule has 0 amide bonds. The van der Waals surface area contributed by atoms with Gasteiger partial charge in [0.05, 0.1) is 13.2 Å². The minimum atomic E-state index is 0.0540. The van der Waals surface area contributed by atoms with Crippen LogP contribution in [0.15, 0.2) is 42.5 Å². The average Bonchev–Trinajstić information content (AvgIpc) is 2.41. The van der Waals surface area contributed by atoms with E-state index in [0.717, 1.165) is 17.0 Å². The van der Waals surface area contributed by atoms with Gasteiger partial charge < -0.3 is 10.1 Å². The zero-order valence-corrected chi connectivity index (χ0v) is 12.3. The topological polar surface area (TPSA) is 21.3 Å². The molecule has 2 aromatic rings. The van der Waals surface area contributed by atoms with Gasteiger partial charge in [0.15, 0.2) is 0 Å². The smallest absolute Gasteiger partial charge is 0.120 e. The summed E-state index contributed by atoms with van der Waals surface area (Å²) in [4.78, 5) is 0. The largest absolute Gasteiger partial charge is 0.497 e. The molecule has 0 spiro atoms. The lowest BCUT2D eigenvalue weighted by Crippen LogP contribution is -2.07. The van der Waals surface area contributed by atoms with Crippen molar-refractivity contribution in [2.24, 2.45) is 0 Å². The number of anilines is 1. The molecule has 0 heterocycles. The minimum Gasteiger partial charge on any atom is -0.497 e. The van der Waals surface area contributed by atoms with Crippen molar-refractivity contribution in [3.8, 4) is 5.75 Å². The van der Waals surface area contributed by atoms with Crippen molar-refractivity contribution in [1.82, 2.24) is 0 Å². The highest BCUT2D eigenvalue weighted by Crippen LogP contribution is 2.29. The summed E-state index contributed by atoms with van der Waals surface area (Å²) in [6, 6.07) is 13.3. The molecule has 100 valence electrons. The van der Waals surface area contributed by atoms with Crippen LogP contribution in [0.4, 0.5) is 5.69 Å². The fourth-order valence-electron chi connectivity index (χ4n) is 1.89. The van der Waals surface area contributed by atoms with E-state index in [2.05, 4.69) is 5.32 Å². The van der Waals surface area contributed by atoms with E-state index < -0.39 is 0 Å². The second-order valence-corrected chi connectivity index (χ2v) is 5.11. The summed E-state index contributed by atoms with van der Waals surface area (Å²) in [6.45, 7) is 2.04. The van der Waals surface area contributed by atoms with Crippen LogP contribution in [-0.2, 0) is 0 Å². The molecule has 0 aromatic heterocycles. The maximum absolute atomic E-state index is 6.19. The Morgan fingerprint density at radius 1 is 1.11 bits per heavy atom. The molecule has 4 heteroatoms. The highest BCUT2D eigenvalue weighted by atomic mass is 35.5. The maximum Gasteiger partial charge on any atom is 0.120 e. The molecule has 0 aliphatic carbocycles. The number of rotatable bonds is 4. The lowest BCUT2D eigenvalue weighted by atomic mass is 10.1. The fraction of sp³-hybridized carbons (Fsp3) is 0.200. The van der Waals surface area contributed by atoms with Crippen molar-refractivity contribution < 1.29 is 4.74 Å². The third kappa shape index (κ3) is 3.55. The summed E-state index contributed by atoms with van der Waals surface area (Å²) in [5.41, 5.74) is 1.94. The van der Waals surface area contributed by atoms with Crippen LogP contribution in [0.3, 0.4) is 0 Å². The van der Waals surface area contributed by atoms with E-state index >= 15 is 0 Å². The molecule has 1 unspecified atom stereocenters. The molecule has 0 bridgehead atoms. The molecule has 0 saturated carbocycles. The standard InChI is InChI=1S/C15H15Cl2NO/c1-10(14-8-11(16)6-7-15(14)17)18-12-4-3-5-13(9-12)19-2/h3-10,18H,1-2H3. The SMILES string of the molecule is COc1cccc(NC(C)c2cc(Cl)ccc2Cl)c1. The Bertz CT molecular complexity index is 572. The van der Waals surface area contributed by atoms with Crippen molar-refractivity contribution in [3.63, 3.8) is 0 Å². The van der Waals surface area contributed by atoms with Crippen molar-refractivity contribution in [2.75, 3.05) is 12.4 Å². The van der Waals surface area contributed by atoms with E-state index in [-0.39, 0.29) is 6.04 Å². The Kier molecular flexibility index (Phi) is 4.56. The van der Waals surface area contributed by atoms with Gasteiger partial charge in [0.25, 0.3) is 0 Å². The number of hydrogen-bond acceptors (Lipinski definition) is 2. The van der Waals surface area contributed by atoms with Gasteiger partial charge in [-0.15, -0.1) is 0 Å². The molecule has 1 N–H and O–H groups in total. The van der Waals surface area contributed by atoms with Gasteiger partial charge in [0.2, 0.25) is 0 Å². The average molecular weight is 296 g/mol. The zero-order chi connectivity index (χ0) is 13.8. The maximum atomic E-state index is 6.19. The number of halogens is 2. The fourth-order valence-corrected chi connectivity index (χ4v) is 2.35. The summed E-state index contributed by atoms with van der Waals surface area (Å²) < 4.78 is 5.20. The van der Waals surface area contributed by atoms with E-state index in [1.54, 1.807) is 13.2 Å². The van der Waals surface area contributed by atoms with Gasteiger partial charge in [-0.25, -0.2) is 0 Å². The molecule has 19 heavy (non-hydrogen) atoms. The van der Waals surface area contributed by atoms with Crippen LogP contribution in [0.5, 0.6) is 5.75 Å². The lowest BCUT2D eigenvalue weighted by molar-refractivity contribution is 0.415. The summed E-state index contributed by atoms with van der Waals surface area (Å²) in [5.74, 6) is 0.814. The van der Waals surface area contributed by atoms with Gasteiger partial charge in [0.1, 0.15) is 5.75 Å². The second kappa shape index (κ2) is 6.18. The summed E-state index contributed by atoms with van der Waals surface area (Å²) >= 11 is 12.2. The third-order valence-electron chi connectivity index (χ3n) is 2.88. The Labute approximate surface area is 123 Å². The first-order valence-electron chi connectivity index (χ1n) is 5.95. The molecule has 1 atom stereocenters. The molecule has 2 rings (SSSR count). The van der Waals surface area contributed by atoms with E-state index in [1.807, 2.05) is 43.3 Å². The second-order valence-electron chi connectivity index (χ2n) is 4.26. The molecule has 0 aliphatic heterocycles. The highest BCUT2D eigenvalue weighted by molar-refractivity contribution is 6.33. The number of benzene rings is 2. The van der Waals surface area contributed by atoms with Crippen LogP contribution in [0.2, 0.25) is 10.0 Å². The minimum absolute atomic E-state index is 0.0540. The molecule has 2 nitrogen and oxygen atoms in total. The van der Waals surface area contributed by atoms with Gasteiger partial charge in [-0.05, 0) is 42.8 Å². The Morgan fingerprint density at radius 3 is 2.63 bits per heavy atom. The van der Waals surface area contributed by atoms with Crippen LogP contribution in [-0.4, -0.2) is 7.11 Å². The van der Waals surface area contributed by atoms with Crippen LogP contribution in [0.1, 0.15) is 18.5 Å². The first-order chi connectivity index (χ1) is 9.10. The van der Waals surface area contributed by atoms with Crippen LogP contribution in [0.25, 0.3) is 0 Å². The predicted octanol–water partition coefficient (Wildman–Crippen LogP) is 5.18. The first kappa shape index (κ1) is 14.0. The van der Waals surface area contributed by atoms with Crippen molar-refractivity contribution in [2.45, 2.75) is 13.0 Å². The van der Waals surface area contributed by atoms with E-state index in [0.29, 0.717) is 10.0 Å². The zero-order valence-electron chi connectivity index (χ0n) is 10.8. The molecular formula is C15H15Cl2NO.